The zero-order valence-corrected chi connectivity index (χ0v) is 10.6. The van der Waals surface area contributed by atoms with E-state index in [-0.39, 0.29) is 16.5 Å². The average molecular weight is 282 g/mol. The molecule has 88 valence electrons. The van der Waals surface area contributed by atoms with Crippen LogP contribution in [-0.4, -0.2) is 31.3 Å². The van der Waals surface area contributed by atoms with Gasteiger partial charge in [0.15, 0.2) is 9.84 Å². The summed E-state index contributed by atoms with van der Waals surface area (Å²) in [5, 5.41) is 12.4. The van der Waals surface area contributed by atoms with Gasteiger partial charge in [-0.15, -0.1) is 0 Å². The molecule has 0 amide bonds. The molecule has 0 fully saturated rings. The summed E-state index contributed by atoms with van der Waals surface area (Å²) in [6.07, 6.45) is 1.04. The SMILES string of the molecule is CS(=O)(=O)C/C(=N/O)c1ccc(Cl)cc1Cl. The molecular formula is C9H9Cl2NO3S. The van der Waals surface area contributed by atoms with Gasteiger partial charge >= 0.3 is 0 Å². The molecular weight excluding hydrogens is 273 g/mol. The average Bonchev–Trinajstić information content (AvgIpc) is 2.13. The highest BCUT2D eigenvalue weighted by Crippen LogP contribution is 2.22. The molecule has 7 heteroatoms. The topological polar surface area (TPSA) is 66.7 Å². The fourth-order valence-electron chi connectivity index (χ4n) is 1.13. The van der Waals surface area contributed by atoms with Gasteiger partial charge in [-0.3, -0.25) is 0 Å². The Labute approximate surface area is 103 Å². The molecule has 1 aromatic carbocycles. The van der Waals surface area contributed by atoms with E-state index in [4.69, 9.17) is 28.4 Å². The van der Waals surface area contributed by atoms with Gasteiger partial charge in [-0.05, 0) is 12.1 Å². The van der Waals surface area contributed by atoms with Gasteiger partial charge in [0.25, 0.3) is 0 Å². The zero-order chi connectivity index (χ0) is 12.3. The van der Waals surface area contributed by atoms with Crippen LogP contribution in [0.15, 0.2) is 23.4 Å². The van der Waals surface area contributed by atoms with Gasteiger partial charge in [0.05, 0.1) is 10.8 Å². The lowest BCUT2D eigenvalue weighted by molar-refractivity contribution is 0.319. The summed E-state index contributed by atoms with van der Waals surface area (Å²) in [5.41, 5.74) is 0.336. The quantitative estimate of drug-likeness (QED) is 0.525. The van der Waals surface area contributed by atoms with Crippen LogP contribution in [0.5, 0.6) is 0 Å². The van der Waals surface area contributed by atoms with Crippen LogP contribution in [0, 0.1) is 0 Å². The van der Waals surface area contributed by atoms with Gasteiger partial charge in [-0.2, -0.15) is 0 Å². The Hall–Kier alpha value is -0.780. The van der Waals surface area contributed by atoms with E-state index in [1.54, 1.807) is 0 Å². The third kappa shape index (κ3) is 3.66. The van der Waals surface area contributed by atoms with E-state index in [1.807, 2.05) is 0 Å². The van der Waals surface area contributed by atoms with Crippen LogP contribution < -0.4 is 0 Å². The first-order valence-electron chi connectivity index (χ1n) is 4.17. The summed E-state index contributed by atoms with van der Waals surface area (Å²) in [5.74, 6) is -0.384. The molecule has 4 nitrogen and oxygen atoms in total. The molecule has 0 aliphatic rings. The molecule has 1 rings (SSSR count). The summed E-state index contributed by atoms with van der Waals surface area (Å²) in [6.45, 7) is 0. The van der Waals surface area contributed by atoms with Crippen molar-refractivity contribution in [1.82, 2.24) is 0 Å². The molecule has 0 spiro atoms. The lowest BCUT2D eigenvalue weighted by Gasteiger charge is -2.05. The summed E-state index contributed by atoms with van der Waals surface area (Å²) in [7, 11) is -3.29. The first-order valence-corrected chi connectivity index (χ1v) is 6.99. The normalized spacial score (nSPS) is 12.8. The molecule has 0 unspecified atom stereocenters. The van der Waals surface area contributed by atoms with Gasteiger partial charge in [0.1, 0.15) is 5.71 Å². The predicted molar refractivity (Wildman–Crippen MR) is 64.5 cm³/mol. The number of rotatable bonds is 3. The molecule has 0 radical (unpaired) electrons. The molecule has 0 saturated heterocycles. The molecule has 1 aromatic rings. The summed E-state index contributed by atoms with van der Waals surface area (Å²) < 4.78 is 22.2. The van der Waals surface area contributed by atoms with Crippen LogP contribution in [0.2, 0.25) is 10.0 Å². The van der Waals surface area contributed by atoms with Gasteiger partial charge in [0.2, 0.25) is 0 Å². The van der Waals surface area contributed by atoms with Crippen molar-refractivity contribution in [2.45, 2.75) is 0 Å². The minimum absolute atomic E-state index is 0.0100. The van der Waals surface area contributed by atoms with Crippen molar-refractivity contribution in [3.8, 4) is 0 Å². The Balaban J connectivity index is 3.16. The second-order valence-corrected chi connectivity index (χ2v) is 6.22. The molecule has 0 atom stereocenters. The van der Waals surface area contributed by atoms with E-state index in [0.717, 1.165) is 6.26 Å². The van der Waals surface area contributed by atoms with Crippen LogP contribution in [0.1, 0.15) is 5.56 Å². The number of oxime groups is 1. The van der Waals surface area contributed by atoms with Crippen LogP contribution in [0.4, 0.5) is 0 Å². The highest BCUT2D eigenvalue weighted by Gasteiger charge is 2.15. The van der Waals surface area contributed by atoms with Gasteiger partial charge < -0.3 is 5.21 Å². The van der Waals surface area contributed by atoms with Crippen LogP contribution in [0.25, 0.3) is 0 Å². The molecule has 1 N–H and O–H groups in total. The number of nitrogens with zero attached hydrogens (tertiary/aromatic N) is 1. The molecule has 0 aliphatic carbocycles. The molecule has 0 saturated carbocycles. The summed E-state index contributed by atoms with van der Waals surface area (Å²) in [6, 6.07) is 4.49. The minimum Gasteiger partial charge on any atom is -0.411 e. The number of halogens is 2. The maximum absolute atomic E-state index is 11.1. The van der Waals surface area contributed by atoms with E-state index >= 15 is 0 Å². The second-order valence-electron chi connectivity index (χ2n) is 3.24. The predicted octanol–water partition coefficient (Wildman–Crippen LogP) is 2.22. The van der Waals surface area contributed by atoms with Crippen molar-refractivity contribution in [2.24, 2.45) is 5.16 Å². The molecule has 0 bridgehead atoms. The first kappa shape index (κ1) is 13.3. The van der Waals surface area contributed by atoms with Crippen molar-refractivity contribution in [1.29, 1.82) is 0 Å². The van der Waals surface area contributed by atoms with E-state index in [9.17, 15) is 8.42 Å². The molecule has 16 heavy (non-hydrogen) atoms. The van der Waals surface area contributed by atoms with Crippen molar-refractivity contribution in [3.05, 3.63) is 33.8 Å². The fourth-order valence-corrected chi connectivity index (χ4v) is 2.36. The second kappa shape index (κ2) is 5.03. The van der Waals surface area contributed by atoms with Gasteiger partial charge in [0, 0.05) is 16.8 Å². The lowest BCUT2D eigenvalue weighted by Crippen LogP contribution is -2.16. The number of hydrogen-bond acceptors (Lipinski definition) is 4. The van der Waals surface area contributed by atoms with E-state index in [2.05, 4.69) is 5.16 Å². The number of sulfone groups is 1. The maximum Gasteiger partial charge on any atom is 0.153 e. The molecule has 0 aromatic heterocycles. The monoisotopic (exact) mass is 281 g/mol. The Morgan fingerprint density at radius 2 is 2.06 bits per heavy atom. The maximum atomic E-state index is 11.1. The van der Waals surface area contributed by atoms with Crippen molar-refractivity contribution in [3.63, 3.8) is 0 Å². The van der Waals surface area contributed by atoms with Gasteiger partial charge in [-0.1, -0.05) is 34.4 Å². The van der Waals surface area contributed by atoms with Crippen LogP contribution >= 0.6 is 23.2 Å². The highest BCUT2D eigenvalue weighted by molar-refractivity contribution is 7.91. The highest BCUT2D eigenvalue weighted by atomic mass is 35.5. The van der Waals surface area contributed by atoms with Crippen molar-refractivity contribution >= 4 is 38.8 Å². The zero-order valence-electron chi connectivity index (χ0n) is 8.31. The molecule has 0 heterocycles. The third-order valence-corrected chi connectivity index (χ3v) is 3.11. The lowest BCUT2D eigenvalue weighted by atomic mass is 10.1. The summed E-state index contributed by atoms with van der Waals surface area (Å²) in [4.78, 5) is 0. The van der Waals surface area contributed by atoms with Crippen LogP contribution in [0.3, 0.4) is 0 Å². The number of hydrogen-bond donors (Lipinski definition) is 1. The first-order chi connectivity index (χ1) is 7.33. The number of benzene rings is 1. The third-order valence-electron chi connectivity index (χ3n) is 1.76. The Morgan fingerprint density at radius 3 is 2.50 bits per heavy atom. The van der Waals surface area contributed by atoms with E-state index in [1.165, 1.54) is 18.2 Å². The Bertz CT molecular complexity index is 526. The minimum atomic E-state index is -3.29. The van der Waals surface area contributed by atoms with Gasteiger partial charge in [-0.25, -0.2) is 8.42 Å². The smallest absolute Gasteiger partial charge is 0.153 e. The van der Waals surface area contributed by atoms with Crippen LogP contribution in [-0.2, 0) is 9.84 Å². The van der Waals surface area contributed by atoms with E-state index < -0.39 is 9.84 Å². The molecule has 0 aliphatic heterocycles. The Morgan fingerprint density at radius 1 is 1.44 bits per heavy atom. The summed E-state index contributed by atoms with van der Waals surface area (Å²) >= 11 is 11.6. The van der Waals surface area contributed by atoms with Crippen molar-refractivity contribution in [2.75, 3.05) is 12.0 Å². The van der Waals surface area contributed by atoms with E-state index in [0.29, 0.717) is 10.6 Å². The standard InChI is InChI=1S/C9H9Cl2NO3S/c1-16(14,15)5-9(12-13)7-3-2-6(10)4-8(7)11/h2-4,13H,5H2,1H3/b12-9-. The van der Waals surface area contributed by atoms with Crippen molar-refractivity contribution < 1.29 is 13.6 Å². The fraction of sp³-hybridized carbons (Fsp3) is 0.222. The Kier molecular flexibility index (Phi) is 4.18. The largest absolute Gasteiger partial charge is 0.411 e.